The zero-order valence-corrected chi connectivity index (χ0v) is 10.4. The monoisotopic (exact) mass is 276 g/mol. The lowest BCUT2D eigenvalue weighted by Gasteiger charge is -2.22. The summed E-state index contributed by atoms with van der Waals surface area (Å²) >= 11 is 3.17. The van der Waals surface area contributed by atoms with Crippen LogP contribution in [-0.2, 0) is 15.1 Å². The van der Waals surface area contributed by atoms with Crippen molar-refractivity contribution in [2.45, 2.75) is 26.3 Å². The lowest BCUT2D eigenvalue weighted by atomic mass is 10.1. The first-order valence-corrected chi connectivity index (χ1v) is 5.24. The van der Waals surface area contributed by atoms with E-state index in [4.69, 9.17) is 10.5 Å². The van der Waals surface area contributed by atoms with Gasteiger partial charge < -0.3 is 10.5 Å². The molecule has 1 aromatic rings. The number of nitrogen functional groups attached to an aromatic ring is 1. The van der Waals surface area contributed by atoms with E-state index in [-0.39, 0.29) is 11.9 Å². The molecule has 0 aromatic carbocycles. The second-order valence-corrected chi connectivity index (χ2v) is 4.14. The average Bonchev–Trinajstić information content (AvgIpc) is 2.46. The third kappa shape index (κ3) is 2.28. The maximum Gasteiger partial charge on any atom is 0.333 e. The Morgan fingerprint density at radius 3 is 2.67 bits per heavy atom. The van der Waals surface area contributed by atoms with E-state index in [9.17, 15) is 4.79 Å². The molecule has 0 bridgehead atoms. The van der Waals surface area contributed by atoms with Crippen molar-refractivity contribution in [2.24, 2.45) is 0 Å². The summed E-state index contributed by atoms with van der Waals surface area (Å²) in [5, 5.41) is 3.92. The number of anilines is 1. The molecule has 0 aliphatic carbocycles. The Labute approximate surface area is 95.9 Å². The van der Waals surface area contributed by atoms with Gasteiger partial charge in [0, 0.05) is 0 Å². The third-order valence-corrected chi connectivity index (χ3v) is 2.40. The number of esters is 1. The molecule has 84 valence electrons. The highest BCUT2D eigenvalue weighted by molar-refractivity contribution is 9.10. The predicted molar refractivity (Wildman–Crippen MR) is 58.1 cm³/mol. The predicted octanol–water partition coefficient (Wildman–Crippen LogP) is 0.921. The molecule has 0 radical (unpaired) electrons. The van der Waals surface area contributed by atoms with E-state index in [2.05, 4.69) is 26.0 Å². The molecule has 0 fully saturated rings. The van der Waals surface area contributed by atoms with Gasteiger partial charge in [-0.05, 0) is 36.7 Å². The van der Waals surface area contributed by atoms with E-state index >= 15 is 0 Å². The fraction of sp³-hybridized carbons (Fsp3) is 0.625. The van der Waals surface area contributed by atoms with Gasteiger partial charge in [-0.25, -0.2) is 9.48 Å². The van der Waals surface area contributed by atoms with Crippen LogP contribution in [0.3, 0.4) is 0 Å². The second kappa shape index (κ2) is 4.18. The minimum atomic E-state index is -0.931. The van der Waals surface area contributed by atoms with E-state index in [1.165, 1.54) is 4.68 Å². The zero-order chi connectivity index (χ0) is 11.6. The Balaban J connectivity index is 3.04. The molecule has 0 aliphatic heterocycles. The number of nitrogens with zero attached hydrogens (tertiary/aromatic N) is 3. The normalized spacial score (nSPS) is 11.5. The maximum atomic E-state index is 11.7. The first-order valence-electron chi connectivity index (χ1n) is 4.45. The number of carbonyl (C=O) groups is 1. The number of rotatable bonds is 3. The van der Waals surface area contributed by atoms with Gasteiger partial charge in [0.05, 0.1) is 6.61 Å². The van der Waals surface area contributed by atoms with Gasteiger partial charge in [0.25, 0.3) is 0 Å². The van der Waals surface area contributed by atoms with Crippen LogP contribution in [0.4, 0.5) is 5.95 Å². The van der Waals surface area contributed by atoms with Crippen LogP contribution in [-0.4, -0.2) is 27.3 Å². The summed E-state index contributed by atoms with van der Waals surface area (Å²) in [6, 6.07) is 0. The van der Waals surface area contributed by atoms with E-state index in [1.54, 1.807) is 20.8 Å². The summed E-state index contributed by atoms with van der Waals surface area (Å²) < 4.78 is 6.73. The summed E-state index contributed by atoms with van der Waals surface area (Å²) in [5.74, 6) is -0.269. The minimum Gasteiger partial charge on any atom is -0.464 e. The fourth-order valence-corrected chi connectivity index (χ4v) is 1.76. The standard InChI is InChI=1S/C8H13BrN4O2/c1-4-15-5(14)8(2,3)13-6(9)11-7(10)12-13/h4H2,1-3H3,(H2,10,12). The van der Waals surface area contributed by atoms with Crippen molar-refractivity contribution in [1.29, 1.82) is 0 Å². The second-order valence-electron chi connectivity index (χ2n) is 3.43. The Hall–Kier alpha value is -1.11. The molecule has 0 saturated heterocycles. The highest BCUT2D eigenvalue weighted by atomic mass is 79.9. The van der Waals surface area contributed by atoms with Gasteiger partial charge in [0.15, 0.2) is 10.3 Å². The SMILES string of the molecule is CCOC(=O)C(C)(C)n1nc(N)nc1Br. The first kappa shape index (κ1) is 12.0. The first-order chi connectivity index (χ1) is 6.89. The molecule has 1 rings (SSSR count). The molecular formula is C8H13BrN4O2. The average molecular weight is 277 g/mol. The molecule has 0 unspecified atom stereocenters. The third-order valence-electron chi connectivity index (χ3n) is 1.89. The molecule has 0 saturated carbocycles. The van der Waals surface area contributed by atoms with Crippen LogP contribution in [0.25, 0.3) is 0 Å². The lowest BCUT2D eigenvalue weighted by molar-refractivity contribution is -0.152. The van der Waals surface area contributed by atoms with Gasteiger partial charge >= 0.3 is 5.97 Å². The van der Waals surface area contributed by atoms with Crippen LogP contribution >= 0.6 is 15.9 Å². The minimum absolute atomic E-state index is 0.110. The Morgan fingerprint density at radius 2 is 2.27 bits per heavy atom. The topological polar surface area (TPSA) is 83.0 Å². The molecule has 6 nitrogen and oxygen atoms in total. The summed E-state index contributed by atoms with van der Waals surface area (Å²) in [4.78, 5) is 15.5. The van der Waals surface area contributed by atoms with Gasteiger partial charge in [0.2, 0.25) is 5.95 Å². The molecular weight excluding hydrogens is 264 g/mol. The van der Waals surface area contributed by atoms with Crippen molar-refractivity contribution < 1.29 is 9.53 Å². The van der Waals surface area contributed by atoms with Crippen LogP contribution in [0, 0.1) is 0 Å². The van der Waals surface area contributed by atoms with Crippen molar-refractivity contribution in [2.75, 3.05) is 12.3 Å². The van der Waals surface area contributed by atoms with Gasteiger partial charge in [-0.15, -0.1) is 5.10 Å². The maximum absolute atomic E-state index is 11.7. The number of hydrogen-bond acceptors (Lipinski definition) is 5. The van der Waals surface area contributed by atoms with Gasteiger partial charge in [-0.2, -0.15) is 4.98 Å². The van der Waals surface area contributed by atoms with Gasteiger partial charge in [-0.3, -0.25) is 0 Å². The molecule has 15 heavy (non-hydrogen) atoms. The Morgan fingerprint density at radius 1 is 1.67 bits per heavy atom. The van der Waals surface area contributed by atoms with Crippen molar-refractivity contribution in [1.82, 2.24) is 14.8 Å². The number of carbonyl (C=O) groups excluding carboxylic acids is 1. The number of halogens is 1. The van der Waals surface area contributed by atoms with E-state index in [0.717, 1.165) is 0 Å². The molecule has 0 atom stereocenters. The van der Waals surface area contributed by atoms with Crippen molar-refractivity contribution in [3.05, 3.63) is 4.73 Å². The number of nitrogens with two attached hydrogens (primary N) is 1. The molecule has 7 heteroatoms. The summed E-state index contributed by atoms with van der Waals surface area (Å²) in [5.41, 5.74) is 4.49. The summed E-state index contributed by atoms with van der Waals surface area (Å²) in [6.07, 6.45) is 0. The largest absolute Gasteiger partial charge is 0.464 e. The highest BCUT2D eigenvalue weighted by Gasteiger charge is 2.34. The number of aromatic nitrogens is 3. The molecule has 2 N–H and O–H groups in total. The lowest BCUT2D eigenvalue weighted by Crippen LogP contribution is -2.38. The van der Waals surface area contributed by atoms with E-state index < -0.39 is 5.54 Å². The smallest absolute Gasteiger partial charge is 0.333 e. The van der Waals surface area contributed by atoms with Crippen LogP contribution in [0.15, 0.2) is 4.73 Å². The summed E-state index contributed by atoms with van der Waals surface area (Å²) in [7, 11) is 0. The number of hydrogen-bond donors (Lipinski definition) is 1. The van der Waals surface area contributed by atoms with Crippen LogP contribution in [0.5, 0.6) is 0 Å². The molecule has 0 spiro atoms. The molecule has 1 heterocycles. The van der Waals surface area contributed by atoms with Crippen LogP contribution in [0.2, 0.25) is 0 Å². The van der Waals surface area contributed by atoms with Gasteiger partial charge in [-0.1, -0.05) is 0 Å². The van der Waals surface area contributed by atoms with Crippen molar-refractivity contribution in [3.63, 3.8) is 0 Å². The zero-order valence-electron chi connectivity index (χ0n) is 8.82. The van der Waals surface area contributed by atoms with Crippen LogP contribution < -0.4 is 5.73 Å². The Bertz CT molecular complexity index is 375. The molecule has 0 amide bonds. The van der Waals surface area contributed by atoms with E-state index in [0.29, 0.717) is 11.3 Å². The molecule has 0 aliphatic rings. The van der Waals surface area contributed by atoms with Crippen molar-refractivity contribution in [3.8, 4) is 0 Å². The Kier molecular flexibility index (Phi) is 3.33. The number of ether oxygens (including phenoxy) is 1. The highest BCUT2D eigenvalue weighted by Crippen LogP contribution is 2.22. The molecule has 1 aromatic heterocycles. The van der Waals surface area contributed by atoms with Gasteiger partial charge in [0.1, 0.15) is 0 Å². The van der Waals surface area contributed by atoms with E-state index in [1.807, 2.05) is 0 Å². The summed E-state index contributed by atoms with van der Waals surface area (Å²) in [6.45, 7) is 5.44. The quantitative estimate of drug-likeness (QED) is 0.831. The van der Waals surface area contributed by atoms with Crippen molar-refractivity contribution >= 4 is 27.8 Å². The fourth-order valence-electron chi connectivity index (χ4n) is 1.06. The van der Waals surface area contributed by atoms with Crippen LogP contribution in [0.1, 0.15) is 20.8 Å².